The van der Waals surface area contributed by atoms with Gasteiger partial charge in [-0.25, -0.2) is 0 Å². The molecule has 4 rings (SSSR count). The summed E-state index contributed by atoms with van der Waals surface area (Å²) in [6, 6.07) is 44.0. The minimum Gasteiger partial charge on any atom is -0.412 e. The number of rotatable bonds is 20. The van der Waals surface area contributed by atoms with Crippen molar-refractivity contribution in [2.45, 2.75) is 103 Å². The highest BCUT2D eigenvalue weighted by Crippen LogP contribution is 2.58. The van der Waals surface area contributed by atoms with Gasteiger partial charge in [-0.15, -0.1) is 0 Å². The average Bonchev–Trinajstić information content (AvgIpc) is 3.09. The molecule has 0 fully saturated rings. The summed E-state index contributed by atoms with van der Waals surface area (Å²) < 4.78 is 1.12. The Morgan fingerprint density at radius 3 is 1.02 bits per heavy atom. The Morgan fingerprint density at radius 2 is 0.702 bits per heavy atom. The molecule has 0 heterocycles. The van der Waals surface area contributed by atoms with Crippen LogP contribution in [0.2, 0.25) is 0 Å². The summed E-state index contributed by atoms with van der Waals surface area (Å²) in [4.78, 5) is 0. The highest BCUT2D eigenvalue weighted by atomic mass is 31.2. The van der Waals surface area contributed by atoms with E-state index in [1.165, 1.54) is 118 Å². The number of hydrogen-bond acceptors (Lipinski definition) is 0. The quantitative estimate of drug-likeness (QED) is 0.0516. The van der Waals surface area contributed by atoms with Crippen LogP contribution in [-0.4, -0.2) is 37.6 Å². The maximum absolute atomic E-state index is 2.30. The minimum absolute atomic E-state index is 0. The Kier molecular flexibility index (Phi) is 20.2. The lowest BCUT2D eigenvalue weighted by molar-refractivity contribution is -0.870. The first-order chi connectivity index (χ1) is 22.5. The van der Waals surface area contributed by atoms with Crippen LogP contribution in [0.3, 0.4) is 0 Å². The number of hydrogen-bond donors (Lipinski definition) is 0. The molecule has 0 aliphatic rings. The van der Waals surface area contributed by atoms with Crippen molar-refractivity contribution in [3.05, 3.63) is 127 Å². The minimum atomic E-state index is -1.78. The van der Waals surface area contributed by atoms with Crippen LogP contribution < -0.4 is 15.9 Å². The zero-order chi connectivity index (χ0) is 32.8. The van der Waals surface area contributed by atoms with Crippen LogP contribution in [0.1, 0.15) is 102 Å². The summed E-state index contributed by atoms with van der Waals surface area (Å²) in [6.07, 6.45) is 21.4. The van der Waals surface area contributed by atoms with Gasteiger partial charge in [0.15, 0.2) is 0 Å². The van der Waals surface area contributed by atoms with E-state index in [1.54, 1.807) is 0 Å². The first kappa shape index (κ1) is 40.4. The predicted octanol–water partition coefficient (Wildman–Crippen LogP) is 10.5. The summed E-state index contributed by atoms with van der Waals surface area (Å²) >= 11 is 0. The van der Waals surface area contributed by atoms with Gasteiger partial charge in [0.2, 0.25) is 0 Å². The highest BCUT2D eigenvalue weighted by molar-refractivity contribution is 7.95. The maximum atomic E-state index is 2.30. The summed E-state index contributed by atoms with van der Waals surface area (Å²) in [5.74, 6) is 0. The Morgan fingerprint density at radius 1 is 0.404 bits per heavy atom. The number of nitrogens with zero attached hydrogens (tertiary/aromatic N) is 1. The second kappa shape index (κ2) is 23.5. The van der Waals surface area contributed by atoms with Gasteiger partial charge in [0, 0.05) is 0 Å². The molecule has 0 unspecified atom stereocenters. The Bertz CT molecular complexity index is 1180. The standard InChI is InChI=1S/C25H22P.C19H42N.H2O/c1-5-13-22(14-6-1)21-26(23-15-7-2-8-16-23,24-17-9-3-10-18-24)25-19-11-4-12-20-25;1-5-6-7-8-9-10-11-12-13-14-15-16-17-18-19-20(2,3)4;/h1-20H,21H2;5-19H2,1-4H3;1H2/q2*+1;. The molecule has 0 aliphatic carbocycles. The van der Waals surface area contributed by atoms with Gasteiger partial charge in [0.25, 0.3) is 0 Å². The Labute approximate surface area is 289 Å². The Hall–Kier alpha value is -2.77. The second-order valence-corrected chi connectivity index (χ2v) is 17.6. The van der Waals surface area contributed by atoms with Crippen molar-refractivity contribution >= 4 is 23.2 Å². The molecule has 0 radical (unpaired) electrons. The van der Waals surface area contributed by atoms with E-state index in [2.05, 4.69) is 149 Å². The molecule has 0 saturated carbocycles. The van der Waals surface area contributed by atoms with E-state index < -0.39 is 7.26 Å². The van der Waals surface area contributed by atoms with E-state index in [4.69, 9.17) is 0 Å². The molecule has 3 heteroatoms. The van der Waals surface area contributed by atoms with Crippen molar-refractivity contribution in [2.75, 3.05) is 27.7 Å². The third-order valence-electron chi connectivity index (χ3n) is 9.04. The van der Waals surface area contributed by atoms with Crippen molar-refractivity contribution in [3.8, 4) is 0 Å². The molecule has 2 N–H and O–H groups in total. The highest BCUT2D eigenvalue weighted by Gasteiger charge is 2.45. The number of benzene rings is 4. The molecule has 0 aliphatic heterocycles. The molecule has 0 saturated heterocycles. The molecular weight excluding hydrogens is 589 g/mol. The van der Waals surface area contributed by atoms with Gasteiger partial charge in [-0.2, -0.15) is 0 Å². The molecule has 0 aromatic heterocycles. The molecule has 4 aromatic carbocycles. The third-order valence-corrected chi connectivity index (χ3v) is 13.4. The molecule has 0 amide bonds. The maximum Gasteiger partial charge on any atom is 0.116 e. The zero-order valence-corrected chi connectivity index (χ0v) is 31.1. The first-order valence-corrected chi connectivity index (χ1v) is 20.3. The lowest BCUT2D eigenvalue weighted by Crippen LogP contribution is -2.35. The average molecular weight is 656 g/mol. The van der Waals surface area contributed by atoms with E-state index in [1.807, 2.05) is 0 Å². The van der Waals surface area contributed by atoms with Crippen molar-refractivity contribution in [2.24, 2.45) is 0 Å². The van der Waals surface area contributed by atoms with Crippen LogP contribution in [0.5, 0.6) is 0 Å². The van der Waals surface area contributed by atoms with Crippen LogP contribution >= 0.6 is 7.26 Å². The molecule has 256 valence electrons. The van der Waals surface area contributed by atoms with E-state index in [-0.39, 0.29) is 5.48 Å². The van der Waals surface area contributed by atoms with Crippen molar-refractivity contribution in [1.29, 1.82) is 0 Å². The Balaban J connectivity index is 0.000000334. The lowest BCUT2D eigenvalue weighted by Gasteiger charge is -2.27. The normalized spacial score (nSPS) is 11.3. The fourth-order valence-electron chi connectivity index (χ4n) is 6.41. The fraction of sp³-hybridized carbons (Fsp3) is 0.455. The van der Waals surface area contributed by atoms with E-state index in [0.717, 1.165) is 10.6 Å². The predicted molar refractivity (Wildman–Crippen MR) is 212 cm³/mol. The summed E-state index contributed by atoms with van der Waals surface area (Å²) in [6.45, 7) is 3.63. The second-order valence-electron chi connectivity index (χ2n) is 14.1. The molecule has 0 spiro atoms. The topological polar surface area (TPSA) is 31.5 Å². The monoisotopic (exact) mass is 655 g/mol. The summed E-state index contributed by atoms with van der Waals surface area (Å²) in [5, 5.41) is 4.30. The van der Waals surface area contributed by atoms with Gasteiger partial charge >= 0.3 is 0 Å². The van der Waals surface area contributed by atoms with Crippen LogP contribution in [0.15, 0.2) is 121 Å². The van der Waals surface area contributed by atoms with Gasteiger partial charge in [-0.3, -0.25) is 0 Å². The van der Waals surface area contributed by atoms with E-state index >= 15 is 0 Å². The van der Waals surface area contributed by atoms with Crippen molar-refractivity contribution < 1.29 is 9.96 Å². The van der Waals surface area contributed by atoms with Crippen molar-refractivity contribution in [1.82, 2.24) is 0 Å². The third kappa shape index (κ3) is 15.3. The first-order valence-electron chi connectivity index (χ1n) is 18.3. The van der Waals surface area contributed by atoms with Gasteiger partial charge in [0.05, 0.1) is 33.8 Å². The van der Waals surface area contributed by atoms with Gasteiger partial charge in [0.1, 0.15) is 23.2 Å². The van der Waals surface area contributed by atoms with E-state index in [9.17, 15) is 0 Å². The molecule has 2 nitrogen and oxygen atoms in total. The van der Waals surface area contributed by atoms with Crippen LogP contribution in [0, 0.1) is 0 Å². The SMILES string of the molecule is CCCCCCCCCCCCCCCC[N+](C)(C)C.O.c1ccc(C[P+](c2ccccc2)(c2ccccc2)c2ccccc2)cc1. The zero-order valence-electron chi connectivity index (χ0n) is 30.3. The fourth-order valence-corrected chi connectivity index (χ4v) is 10.7. The van der Waals surface area contributed by atoms with Crippen LogP contribution in [-0.2, 0) is 6.16 Å². The molecule has 0 atom stereocenters. The number of quaternary nitrogens is 1. The molecule has 47 heavy (non-hydrogen) atoms. The molecule has 0 bridgehead atoms. The molecule has 4 aromatic rings. The van der Waals surface area contributed by atoms with Gasteiger partial charge < -0.3 is 9.96 Å². The van der Waals surface area contributed by atoms with E-state index in [0.29, 0.717) is 0 Å². The summed E-state index contributed by atoms with van der Waals surface area (Å²) in [5.41, 5.74) is 1.39. The van der Waals surface area contributed by atoms with Crippen LogP contribution in [0.25, 0.3) is 0 Å². The van der Waals surface area contributed by atoms with Crippen LogP contribution in [0.4, 0.5) is 0 Å². The smallest absolute Gasteiger partial charge is 0.116 e. The lowest BCUT2D eigenvalue weighted by atomic mass is 10.0. The summed E-state index contributed by atoms with van der Waals surface area (Å²) in [7, 11) is 5.11. The van der Waals surface area contributed by atoms with Gasteiger partial charge in [-0.05, 0) is 54.8 Å². The largest absolute Gasteiger partial charge is 0.412 e. The number of unbranched alkanes of at least 4 members (excludes halogenated alkanes) is 13. The van der Waals surface area contributed by atoms with Crippen molar-refractivity contribution in [3.63, 3.8) is 0 Å². The van der Waals surface area contributed by atoms with Gasteiger partial charge in [-0.1, -0.05) is 169 Å². The molecular formula is C44H66NOP+2.